The SMILES string of the molecule is CCOc1ccccc1NC(=O)CC(=O)Nc1cccc(Cl)c1C. The Morgan fingerprint density at radius 2 is 1.62 bits per heavy atom. The molecule has 2 rings (SSSR count). The van der Waals surface area contributed by atoms with Crippen molar-refractivity contribution in [2.24, 2.45) is 0 Å². The lowest BCUT2D eigenvalue weighted by molar-refractivity contribution is -0.123. The molecule has 0 saturated carbocycles. The van der Waals surface area contributed by atoms with Crippen molar-refractivity contribution in [3.63, 3.8) is 0 Å². The number of hydrogen-bond acceptors (Lipinski definition) is 3. The van der Waals surface area contributed by atoms with Gasteiger partial charge in [-0.1, -0.05) is 29.8 Å². The molecule has 0 aliphatic rings. The molecule has 0 aliphatic heterocycles. The Labute approximate surface area is 146 Å². The summed E-state index contributed by atoms with van der Waals surface area (Å²) in [6.07, 6.45) is -0.299. The van der Waals surface area contributed by atoms with E-state index in [1.165, 1.54) is 0 Å². The quantitative estimate of drug-likeness (QED) is 0.776. The highest BCUT2D eigenvalue weighted by Crippen LogP contribution is 2.24. The minimum atomic E-state index is -0.417. The molecule has 5 nitrogen and oxygen atoms in total. The predicted octanol–water partition coefficient (Wildman–Crippen LogP) is 4.01. The fraction of sp³-hybridized carbons (Fsp3) is 0.222. The lowest BCUT2D eigenvalue weighted by Crippen LogP contribution is -2.22. The Hall–Kier alpha value is -2.53. The van der Waals surface area contributed by atoms with Crippen LogP contribution in [0, 0.1) is 6.92 Å². The fourth-order valence-corrected chi connectivity index (χ4v) is 2.30. The van der Waals surface area contributed by atoms with Gasteiger partial charge in [-0.25, -0.2) is 0 Å². The van der Waals surface area contributed by atoms with E-state index in [0.717, 1.165) is 5.56 Å². The second kappa shape index (κ2) is 8.36. The summed E-state index contributed by atoms with van der Waals surface area (Å²) in [4.78, 5) is 24.1. The second-order valence-electron chi connectivity index (χ2n) is 5.11. The summed E-state index contributed by atoms with van der Waals surface area (Å²) in [5, 5.41) is 5.94. The average molecular weight is 347 g/mol. The van der Waals surface area contributed by atoms with E-state index in [0.29, 0.717) is 28.8 Å². The van der Waals surface area contributed by atoms with E-state index >= 15 is 0 Å². The number of anilines is 2. The largest absolute Gasteiger partial charge is 0.492 e. The molecule has 126 valence electrons. The monoisotopic (exact) mass is 346 g/mol. The first kappa shape index (κ1) is 17.8. The van der Waals surface area contributed by atoms with Crippen LogP contribution in [0.25, 0.3) is 0 Å². The van der Waals surface area contributed by atoms with Crippen LogP contribution in [0.1, 0.15) is 18.9 Å². The van der Waals surface area contributed by atoms with Crippen molar-refractivity contribution in [3.05, 3.63) is 53.1 Å². The number of para-hydroxylation sites is 2. The third-order valence-corrected chi connectivity index (χ3v) is 3.73. The van der Waals surface area contributed by atoms with Gasteiger partial charge in [-0.2, -0.15) is 0 Å². The molecular formula is C18H19ClN2O3. The standard InChI is InChI=1S/C18H19ClN2O3/c1-3-24-16-10-5-4-8-15(16)21-18(23)11-17(22)20-14-9-6-7-13(19)12(14)2/h4-10H,3,11H2,1-2H3,(H,20,22)(H,21,23). The van der Waals surface area contributed by atoms with E-state index in [-0.39, 0.29) is 6.42 Å². The van der Waals surface area contributed by atoms with Gasteiger partial charge in [0.25, 0.3) is 0 Å². The minimum absolute atomic E-state index is 0.299. The third-order valence-electron chi connectivity index (χ3n) is 3.32. The Morgan fingerprint density at radius 3 is 2.33 bits per heavy atom. The van der Waals surface area contributed by atoms with Crippen LogP contribution in [0.3, 0.4) is 0 Å². The predicted molar refractivity (Wildman–Crippen MR) is 95.7 cm³/mol. The lowest BCUT2D eigenvalue weighted by Gasteiger charge is -2.12. The fourth-order valence-electron chi connectivity index (χ4n) is 2.13. The van der Waals surface area contributed by atoms with Crippen molar-refractivity contribution >= 4 is 34.8 Å². The van der Waals surface area contributed by atoms with Crippen LogP contribution in [-0.4, -0.2) is 18.4 Å². The van der Waals surface area contributed by atoms with Crippen molar-refractivity contribution in [1.29, 1.82) is 0 Å². The number of halogens is 1. The summed E-state index contributed by atoms with van der Waals surface area (Å²) in [5.74, 6) is -0.259. The van der Waals surface area contributed by atoms with Crippen molar-refractivity contribution in [2.45, 2.75) is 20.3 Å². The summed E-state index contributed by atoms with van der Waals surface area (Å²) in [6, 6.07) is 12.3. The van der Waals surface area contributed by atoms with E-state index in [2.05, 4.69) is 10.6 Å². The molecule has 0 spiro atoms. The van der Waals surface area contributed by atoms with Gasteiger partial charge in [0.1, 0.15) is 12.2 Å². The van der Waals surface area contributed by atoms with Gasteiger partial charge in [0.05, 0.1) is 12.3 Å². The first-order valence-corrected chi connectivity index (χ1v) is 7.95. The molecular weight excluding hydrogens is 328 g/mol. The van der Waals surface area contributed by atoms with E-state index < -0.39 is 11.8 Å². The molecule has 0 aromatic heterocycles. The van der Waals surface area contributed by atoms with Crippen molar-refractivity contribution in [2.75, 3.05) is 17.2 Å². The second-order valence-corrected chi connectivity index (χ2v) is 5.52. The Balaban J connectivity index is 1.97. The van der Waals surface area contributed by atoms with Gasteiger partial charge in [0.2, 0.25) is 11.8 Å². The van der Waals surface area contributed by atoms with Crippen molar-refractivity contribution in [3.8, 4) is 5.75 Å². The average Bonchev–Trinajstić information content (AvgIpc) is 2.54. The number of hydrogen-bond donors (Lipinski definition) is 2. The highest BCUT2D eigenvalue weighted by Gasteiger charge is 2.13. The summed E-state index contributed by atoms with van der Waals surface area (Å²) in [5.41, 5.74) is 1.89. The molecule has 24 heavy (non-hydrogen) atoms. The third kappa shape index (κ3) is 4.73. The number of amides is 2. The molecule has 0 unspecified atom stereocenters. The maximum absolute atomic E-state index is 12.1. The summed E-state index contributed by atoms with van der Waals surface area (Å²) in [6.45, 7) is 4.15. The Morgan fingerprint density at radius 1 is 1.00 bits per heavy atom. The number of carbonyl (C=O) groups is 2. The summed E-state index contributed by atoms with van der Waals surface area (Å²) < 4.78 is 5.44. The number of nitrogens with one attached hydrogen (secondary N) is 2. The van der Waals surface area contributed by atoms with Gasteiger partial charge < -0.3 is 15.4 Å². The molecule has 2 N–H and O–H groups in total. The number of rotatable bonds is 6. The minimum Gasteiger partial charge on any atom is -0.492 e. The summed E-state index contributed by atoms with van der Waals surface area (Å²) >= 11 is 6.01. The van der Waals surface area contributed by atoms with Gasteiger partial charge in [0.15, 0.2) is 0 Å². The molecule has 2 aromatic carbocycles. The number of benzene rings is 2. The van der Waals surface area contributed by atoms with E-state index in [1.54, 1.807) is 43.3 Å². The van der Waals surface area contributed by atoms with Crippen molar-refractivity contribution < 1.29 is 14.3 Å². The van der Waals surface area contributed by atoms with E-state index in [9.17, 15) is 9.59 Å². The van der Waals surface area contributed by atoms with Gasteiger partial charge >= 0.3 is 0 Å². The number of carbonyl (C=O) groups excluding carboxylic acids is 2. The maximum atomic E-state index is 12.1. The molecule has 0 heterocycles. The molecule has 0 fully saturated rings. The molecule has 0 radical (unpaired) electrons. The highest BCUT2D eigenvalue weighted by atomic mass is 35.5. The van der Waals surface area contributed by atoms with Crippen LogP contribution in [-0.2, 0) is 9.59 Å². The topological polar surface area (TPSA) is 67.4 Å². The number of ether oxygens (including phenoxy) is 1. The first-order valence-electron chi connectivity index (χ1n) is 7.58. The van der Waals surface area contributed by atoms with Crippen LogP contribution in [0.4, 0.5) is 11.4 Å². The van der Waals surface area contributed by atoms with Crippen LogP contribution in [0.15, 0.2) is 42.5 Å². The maximum Gasteiger partial charge on any atom is 0.233 e. The van der Waals surface area contributed by atoms with E-state index in [4.69, 9.17) is 16.3 Å². The zero-order chi connectivity index (χ0) is 17.5. The first-order chi connectivity index (χ1) is 11.5. The van der Waals surface area contributed by atoms with Gasteiger partial charge in [-0.3, -0.25) is 9.59 Å². The molecule has 0 bridgehead atoms. The van der Waals surface area contributed by atoms with Crippen LogP contribution >= 0.6 is 11.6 Å². The lowest BCUT2D eigenvalue weighted by atomic mass is 10.2. The molecule has 2 amide bonds. The van der Waals surface area contributed by atoms with Crippen LogP contribution in [0.2, 0.25) is 5.02 Å². The molecule has 0 aliphatic carbocycles. The smallest absolute Gasteiger partial charge is 0.233 e. The highest BCUT2D eigenvalue weighted by molar-refractivity contribution is 6.31. The summed E-state index contributed by atoms with van der Waals surface area (Å²) in [7, 11) is 0. The normalized spacial score (nSPS) is 10.1. The Bertz CT molecular complexity index is 747. The zero-order valence-electron chi connectivity index (χ0n) is 13.6. The van der Waals surface area contributed by atoms with Crippen LogP contribution in [0.5, 0.6) is 5.75 Å². The molecule has 2 aromatic rings. The van der Waals surface area contributed by atoms with Gasteiger partial charge in [-0.05, 0) is 43.7 Å². The molecule has 6 heteroatoms. The van der Waals surface area contributed by atoms with Gasteiger partial charge in [-0.15, -0.1) is 0 Å². The van der Waals surface area contributed by atoms with Crippen molar-refractivity contribution in [1.82, 2.24) is 0 Å². The molecule has 0 saturated heterocycles. The van der Waals surface area contributed by atoms with E-state index in [1.807, 2.05) is 13.0 Å². The molecule has 0 atom stereocenters. The van der Waals surface area contributed by atoms with Crippen LogP contribution < -0.4 is 15.4 Å². The zero-order valence-corrected chi connectivity index (χ0v) is 14.3. The van der Waals surface area contributed by atoms with Gasteiger partial charge in [0, 0.05) is 10.7 Å². The Kier molecular flexibility index (Phi) is 6.21.